The first-order chi connectivity index (χ1) is 9.11. The molecule has 0 aliphatic carbocycles. The van der Waals surface area contributed by atoms with Crippen LogP contribution in [0, 0.1) is 22.7 Å². The molecule has 92 valence electrons. The smallest absolute Gasteiger partial charge is 0.289 e. The topological polar surface area (TPSA) is 122 Å². The Labute approximate surface area is 108 Å². The quantitative estimate of drug-likeness (QED) is 0.717. The molecule has 6 heteroatoms. The molecule has 0 spiro atoms. The van der Waals surface area contributed by atoms with Crippen molar-refractivity contribution in [2.75, 3.05) is 11.6 Å². The molecule has 0 aliphatic heterocycles. The van der Waals surface area contributed by atoms with Crippen LogP contribution >= 0.6 is 0 Å². The summed E-state index contributed by atoms with van der Waals surface area (Å²) in [4.78, 5) is 11.9. The molecule has 2 rings (SSSR count). The number of anilines is 1. The second kappa shape index (κ2) is 4.55. The Morgan fingerprint density at radius 3 is 2.16 bits per heavy atom. The Balaban J connectivity index is 2.96. The Kier molecular flexibility index (Phi) is 2.93. The van der Waals surface area contributed by atoms with Crippen LogP contribution in [0.25, 0.3) is 11.3 Å². The molecule has 0 fully saturated rings. The standard InChI is InChI=1S/C13H9N5O/c14-6-9-11(16)10(7-15)13(19)18(17)12(9)8-4-2-1-3-5-8/h1-5H,16-17H2. The van der Waals surface area contributed by atoms with Crippen LogP contribution in [-0.2, 0) is 0 Å². The van der Waals surface area contributed by atoms with Gasteiger partial charge in [-0.25, -0.2) is 4.68 Å². The van der Waals surface area contributed by atoms with Crippen LogP contribution in [0.4, 0.5) is 5.69 Å². The van der Waals surface area contributed by atoms with Crippen LogP contribution < -0.4 is 17.1 Å². The maximum atomic E-state index is 11.9. The first kappa shape index (κ1) is 12.2. The highest BCUT2D eigenvalue weighted by Gasteiger charge is 2.19. The monoisotopic (exact) mass is 251 g/mol. The number of hydrogen-bond acceptors (Lipinski definition) is 5. The van der Waals surface area contributed by atoms with Crippen molar-refractivity contribution in [1.29, 1.82) is 10.5 Å². The summed E-state index contributed by atoms with van der Waals surface area (Å²) in [5.74, 6) is 5.68. The van der Waals surface area contributed by atoms with Gasteiger partial charge in [0.25, 0.3) is 5.56 Å². The van der Waals surface area contributed by atoms with E-state index in [-0.39, 0.29) is 22.5 Å². The lowest BCUT2D eigenvalue weighted by Gasteiger charge is -2.12. The molecular weight excluding hydrogens is 242 g/mol. The Morgan fingerprint density at radius 2 is 1.63 bits per heavy atom. The molecule has 0 amide bonds. The second-order valence-electron chi connectivity index (χ2n) is 3.78. The third-order valence-electron chi connectivity index (χ3n) is 2.72. The van der Waals surface area contributed by atoms with Crippen molar-refractivity contribution >= 4 is 5.69 Å². The number of nitriles is 2. The molecule has 4 N–H and O–H groups in total. The molecule has 0 aliphatic rings. The minimum atomic E-state index is -0.724. The maximum Gasteiger partial charge on any atom is 0.289 e. The number of benzene rings is 1. The van der Waals surface area contributed by atoms with E-state index in [1.165, 1.54) is 0 Å². The maximum absolute atomic E-state index is 11.9. The van der Waals surface area contributed by atoms with Gasteiger partial charge in [0.1, 0.15) is 23.3 Å². The Morgan fingerprint density at radius 1 is 1.05 bits per heavy atom. The molecule has 0 bridgehead atoms. The van der Waals surface area contributed by atoms with Crippen molar-refractivity contribution < 1.29 is 0 Å². The Bertz CT molecular complexity index is 778. The summed E-state index contributed by atoms with van der Waals surface area (Å²) in [6, 6.07) is 12.2. The van der Waals surface area contributed by atoms with Crippen molar-refractivity contribution in [1.82, 2.24) is 4.68 Å². The molecule has 1 aromatic heterocycles. The lowest BCUT2D eigenvalue weighted by atomic mass is 10.0. The van der Waals surface area contributed by atoms with Gasteiger partial charge in [-0.1, -0.05) is 30.3 Å². The molecule has 2 aromatic rings. The van der Waals surface area contributed by atoms with Gasteiger partial charge in [-0.2, -0.15) is 10.5 Å². The number of aromatic nitrogens is 1. The largest absolute Gasteiger partial charge is 0.396 e. The summed E-state index contributed by atoms with van der Waals surface area (Å²) in [6.45, 7) is 0. The van der Waals surface area contributed by atoms with Gasteiger partial charge in [-0.3, -0.25) is 4.79 Å². The zero-order valence-corrected chi connectivity index (χ0v) is 9.79. The third-order valence-corrected chi connectivity index (χ3v) is 2.72. The van der Waals surface area contributed by atoms with Gasteiger partial charge < -0.3 is 11.6 Å². The summed E-state index contributed by atoms with van der Waals surface area (Å²) < 4.78 is 0.781. The van der Waals surface area contributed by atoms with E-state index >= 15 is 0 Å². The molecule has 1 aromatic carbocycles. The fourth-order valence-electron chi connectivity index (χ4n) is 1.81. The average molecular weight is 251 g/mol. The van der Waals surface area contributed by atoms with E-state index in [1.54, 1.807) is 36.4 Å². The fraction of sp³-hybridized carbons (Fsp3) is 0. The first-order valence-corrected chi connectivity index (χ1v) is 5.31. The number of nitrogen functional groups attached to an aromatic ring is 2. The molecule has 0 atom stereocenters. The van der Waals surface area contributed by atoms with Gasteiger partial charge >= 0.3 is 0 Å². The van der Waals surface area contributed by atoms with Crippen LogP contribution in [0.3, 0.4) is 0 Å². The summed E-state index contributed by atoms with van der Waals surface area (Å²) >= 11 is 0. The molecule has 0 unspecified atom stereocenters. The summed E-state index contributed by atoms with van der Waals surface area (Å²) in [5, 5.41) is 18.1. The van der Waals surface area contributed by atoms with Crippen LogP contribution in [0.1, 0.15) is 11.1 Å². The SMILES string of the molecule is N#Cc1c(N)c(C#N)c(=O)n(N)c1-c1ccccc1. The van der Waals surface area contributed by atoms with Crippen LogP contribution in [0.2, 0.25) is 0 Å². The van der Waals surface area contributed by atoms with Crippen molar-refractivity contribution in [3.63, 3.8) is 0 Å². The predicted octanol–water partition coefficient (Wildman–Crippen LogP) is 0.555. The second-order valence-corrected chi connectivity index (χ2v) is 3.78. The molecular formula is C13H9N5O. The highest BCUT2D eigenvalue weighted by molar-refractivity contribution is 5.77. The number of rotatable bonds is 1. The van der Waals surface area contributed by atoms with Crippen LogP contribution in [0.15, 0.2) is 35.1 Å². The van der Waals surface area contributed by atoms with Gasteiger partial charge in [0.2, 0.25) is 0 Å². The van der Waals surface area contributed by atoms with Crippen molar-refractivity contribution in [2.45, 2.75) is 0 Å². The lowest BCUT2D eigenvalue weighted by molar-refractivity contribution is 0.938. The zero-order valence-electron chi connectivity index (χ0n) is 9.79. The van der Waals surface area contributed by atoms with Crippen LogP contribution in [0.5, 0.6) is 0 Å². The summed E-state index contributed by atoms with van der Waals surface area (Å²) in [6.07, 6.45) is 0. The van der Waals surface area contributed by atoms with Crippen molar-refractivity contribution in [2.24, 2.45) is 0 Å². The van der Waals surface area contributed by atoms with E-state index < -0.39 is 5.56 Å². The number of nitrogens with zero attached hydrogens (tertiary/aromatic N) is 3. The fourth-order valence-corrected chi connectivity index (χ4v) is 1.81. The van der Waals surface area contributed by atoms with E-state index in [9.17, 15) is 10.1 Å². The molecule has 6 nitrogen and oxygen atoms in total. The van der Waals surface area contributed by atoms with E-state index in [0.29, 0.717) is 5.56 Å². The normalized spacial score (nSPS) is 9.58. The highest BCUT2D eigenvalue weighted by Crippen LogP contribution is 2.26. The number of pyridine rings is 1. The first-order valence-electron chi connectivity index (χ1n) is 5.31. The minimum Gasteiger partial charge on any atom is -0.396 e. The summed E-state index contributed by atoms with van der Waals surface area (Å²) in [5.41, 5.74) is 5.31. The van der Waals surface area contributed by atoms with Crippen molar-refractivity contribution in [3.8, 4) is 23.4 Å². The summed E-state index contributed by atoms with van der Waals surface area (Å²) in [7, 11) is 0. The third kappa shape index (κ3) is 1.78. The molecule has 1 heterocycles. The lowest BCUT2D eigenvalue weighted by Crippen LogP contribution is -2.32. The van der Waals surface area contributed by atoms with Gasteiger partial charge in [-0.15, -0.1) is 0 Å². The van der Waals surface area contributed by atoms with E-state index in [4.69, 9.17) is 16.8 Å². The minimum absolute atomic E-state index is 0.0184. The Hall–Kier alpha value is -3.25. The zero-order chi connectivity index (χ0) is 14.0. The number of nitrogens with two attached hydrogens (primary N) is 2. The van der Waals surface area contributed by atoms with Crippen molar-refractivity contribution in [3.05, 3.63) is 51.8 Å². The van der Waals surface area contributed by atoms with Gasteiger partial charge in [0.05, 0.1) is 11.4 Å². The molecule has 0 radical (unpaired) electrons. The van der Waals surface area contributed by atoms with E-state index in [2.05, 4.69) is 0 Å². The van der Waals surface area contributed by atoms with E-state index in [1.807, 2.05) is 6.07 Å². The predicted molar refractivity (Wildman–Crippen MR) is 70.1 cm³/mol. The molecule has 0 saturated heterocycles. The van der Waals surface area contributed by atoms with Gasteiger partial charge in [0.15, 0.2) is 0 Å². The van der Waals surface area contributed by atoms with E-state index in [0.717, 1.165) is 4.68 Å². The number of hydrogen-bond donors (Lipinski definition) is 2. The van der Waals surface area contributed by atoms with Gasteiger partial charge in [-0.05, 0) is 0 Å². The average Bonchev–Trinajstić information content (AvgIpc) is 2.44. The van der Waals surface area contributed by atoms with Gasteiger partial charge in [0, 0.05) is 5.56 Å². The highest BCUT2D eigenvalue weighted by atomic mass is 16.1. The molecule has 19 heavy (non-hydrogen) atoms. The molecule has 0 saturated carbocycles. The van der Waals surface area contributed by atoms with Crippen LogP contribution in [-0.4, -0.2) is 4.68 Å².